The van der Waals surface area contributed by atoms with Gasteiger partial charge in [0.25, 0.3) is 0 Å². The number of hydrogen-bond donors (Lipinski definition) is 2. The molecule has 1 aromatic carbocycles. The molecular weight excluding hydrogens is 351 g/mol. The molecule has 1 saturated heterocycles. The molecule has 0 aliphatic carbocycles. The molecule has 1 heterocycles. The lowest BCUT2D eigenvalue weighted by Gasteiger charge is -2.37. The van der Waals surface area contributed by atoms with E-state index in [0.717, 1.165) is 12.1 Å². The van der Waals surface area contributed by atoms with Gasteiger partial charge in [0.15, 0.2) is 0 Å². The van der Waals surface area contributed by atoms with E-state index in [1.54, 1.807) is 0 Å². The summed E-state index contributed by atoms with van der Waals surface area (Å²) < 4.78 is 40.1. The Hall–Kier alpha value is -2.45. The molecule has 0 aromatic heterocycles. The van der Waals surface area contributed by atoms with Crippen LogP contribution in [0.5, 0.6) is 5.75 Å². The Kier molecular flexibility index (Phi) is 6.33. The summed E-state index contributed by atoms with van der Waals surface area (Å²) in [6, 6.07) is 4.43. The molecule has 1 fully saturated rings. The van der Waals surface area contributed by atoms with Crippen LogP contribution in [0.2, 0.25) is 0 Å². The highest BCUT2D eigenvalue weighted by molar-refractivity contribution is 5.89. The van der Waals surface area contributed by atoms with E-state index in [-0.39, 0.29) is 23.7 Å². The smallest absolute Gasteiger partial charge is 0.406 e. The van der Waals surface area contributed by atoms with Crippen molar-refractivity contribution in [1.82, 2.24) is 10.2 Å². The fourth-order valence-corrected chi connectivity index (χ4v) is 2.97. The van der Waals surface area contributed by atoms with Crippen molar-refractivity contribution in [3.05, 3.63) is 24.3 Å². The van der Waals surface area contributed by atoms with Crippen LogP contribution < -0.4 is 15.4 Å². The van der Waals surface area contributed by atoms with Gasteiger partial charge in [0.2, 0.25) is 5.91 Å². The first-order chi connectivity index (χ1) is 12.2. The Bertz CT molecular complexity index is 634. The van der Waals surface area contributed by atoms with Crippen molar-refractivity contribution < 1.29 is 27.5 Å². The number of amides is 3. The van der Waals surface area contributed by atoms with Gasteiger partial charge in [-0.3, -0.25) is 4.79 Å². The number of nitrogens with zero attached hydrogens (tertiary/aromatic N) is 1. The molecule has 0 radical (unpaired) electrons. The Morgan fingerprint density at radius 2 is 1.92 bits per heavy atom. The van der Waals surface area contributed by atoms with Crippen molar-refractivity contribution in [2.45, 2.75) is 51.6 Å². The number of carbonyl (C=O) groups is 2. The highest BCUT2D eigenvalue weighted by Gasteiger charge is 2.31. The number of ether oxygens (including phenoxy) is 1. The molecule has 144 valence electrons. The molecule has 6 nitrogen and oxygen atoms in total. The quantitative estimate of drug-likeness (QED) is 0.849. The summed E-state index contributed by atoms with van der Waals surface area (Å²) in [5.41, 5.74) is 0.351. The van der Waals surface area contributed by atoms with Crippen LogP contribution in [0.25, 0.3) is 0 Å². The number of carbonyl (C=O) groups excluding carboxylic acids is 2. The Labute approximate surface area is 149 Å². The summed E-state index contributed by atoms with van der Waals surface area (Å²) in [5, 5.41) is 5.40. The molecule has 3 amide bonds. The fraction of sp³-hybridized carbons (Fsp3) is 0.529. The summed E-state index contributed by atoms with van der Waals surface area (Å²) in [6.45, 7) is 4.35. The summed E-state index contributed by atoms with van der Waals surface area (Å²) in [5.74, 6) is -0.258. The zero-order valence-electron chi connectivity index (χ0n) is 14.6. The summed E-state index contributed by atoms with van der Waals surface area (Å²) in [4.78, 5) is 25.7. The minimum atomic E-state index is -4.75. The minimum Gasteiger partial charge on any atom is -0.406 e. The number of hydrogen-bond acceptors (Lipinski definition) is 3. The maximum absolute atomic E-state index is 12.1. The lowest BCUT2D eigenvalue weighted by Crippen LogP contribution is -2.51. The van der Waals surface area contributed by atoms with Crippen molar-refractivity contribution in [2.75, 3.05) is 11.9 Å². The van der Waals surface area contributed by atoms with Gasteiger partial charge >= 0.3 is 12.4 Å². The van der Waals surface area contributed by atoms with E-state index in [4.69, 9.17) is 0 Å². The van der Waals surface area contributed by atoms with Crippen molar-refractivity contribution >= 4 is 17.6 Å². The molecule has 1 aliphatic heterocycles. The number of alkyl halides is 3. The van der Waals surface area contributed by atoms with E-state index < -0.39 is 12.4 Å². The van der Waals surface area contributed by atoms with Gasteiger partial charge in [-0.05, 0) is 44.0 Å². The summed E-state index contributed by atoms with van der Waals surface area (Å²) in [6.07, 6.45) is -2.99. The van der Waals surface area contributed by atoms with E-state index in [9.17, 15) is 22.8 Å². The highest BCUT2D eigenvalue weighted by Crippen LogP contribution is 2.24. The molecule has 0 unspecified atom stereocenters. The number of anilines is 1. The first-order valence-electron chi connectivity index (χ1n) is 8.40. The maximum atomic E-state index is 12.1. The molecule has 2 atom stereocenters. The average Bonchev–Trinajstić information content (AvgIpc) is 2.55. The molecular formula is C17H22F3N3O3. The van der Waals surface area contributed by atoms with Crippen LogP contribution in [0.4, 0.5) is 23.7 Å². The topological polar surface area (TPSA) is 70.7 Å². The third-order valence-electron chi connectivity index (χ3n) is 4.18. The molecule has 2 N–H and O–H groups in total. The Morgan fingerprint density at radius 1 is 1.27 bits per heavy atom. The number of nitrogens with one attached hydrogen (secondary N) is 2. The normalized spacial score (nSPS) is 20.4. The standard InChI is InChI=1S/C17H22F3N3O3/c1-3-15(24)23-9-8-13(10-11(23)2)22-16(25)21-12-4-6-14(7-5-12)26-17(18,19)20/h4-7,11,13H,3,8-10H2,1-2H3,(H2,21,22,25)/t11-,13+/m1/s1. The summed E-state index contributed by atoms with van der Waals surface area (Å²) in [7, 11) is 0. The van der Waals surface area contributed by atoms with Gasteiger partial charge in [-0.1, -0.05) is 6.92 Å². The van der Waals surface area contributed by atoms with Gasteiger partial charge in [0, 0.05) is 30.7 Å². The molecule has 9 heteroatoms. The third kappa shape index (κ3) is 5.82. The van der Waals surface area contributed by atoms with Crippen LogP contribution in [0.1, 0.15) is 33.1 Å². The van der Waals surface area contributed by atoms with Crippen LogP contribution in [0.15, 0.2) is 24.3 Å². The fourth-order valence-electron chi connectivity index (χ4n) is 2.97. The van der Waals surface area contributed by atoms with Crippen molar-refractivity contribution in [1.29, 1.82) is 0 Å². The SMILES string of the molecule is CCC(=O)N1CC[C@H](NC(=O)Nc2ccc(OC(F)(F)F)cc2)C[C@H]1C. The van der Waals surface area contributed by atoms with E-state index in [2.05, 4.69) is 15.4 Å². The van der Waals surface area contributed by atoms with Crippen LogP contribution in [-0.2, 0) is 4.79 Å². The van der Waals surface area contributed by atoms with Crippen LogP contribution in [-0.4, -0.2) is 41.8 Å². The second-order valence-electron chi connectivity index (χ2n) is 6.18. The zero-order chi connectivity index (χ0) is 19.3. The third-order valence-corrected chi connectivity index (χ3v) is 4.18. The van der Waals surface area contributed by atoms with E-state index in [0.29, 0.717) is 31.5 Å². The number of halogens is 3. The van der Waals surface area contributed by atoms with Gasteiger partial charge in [-0.2, -0.15) is 0 Å². The van der Waals surface area contributed by atoms with Crippen molar-refractivity contribution in [2.24, 2.45) is 0 Å². The van der Waals surface area contributed by atoms with Gasteiger partial charge in [0.1, 0.15) is 5.75 Å². The lowest BCUT2D eigenvalue weighted by atomic mass is 9.98. The zero-order valence-corrected chi connectivity index (χ0v) is 14.6. The van der Waals surface area contributed by atoms with Gasteiger partial charge in [-0.15, -0.1) is 13.2 Å². The van der Waals surface area contributed by atoms with E-state index >= 15 is 0 Å². The maximum Gasteiger partial charge on any atom is 0.573 e. The van der Waals surface area contributed by atoms with E-state index in [1.165, 1.54) is 12.1 Å². The molecule has 0 spiro atoms. The largest absolute Gasteiger partial charge is 0.573 e. The van der Waals surface area contributed by atoms with Crippen LogP contribution >= 0.6 is 0 Å². The molecule has 26 heavy (non-hydrogen) atoms. The number of urea groups is 1. The van der Waals surface area contributed by atoms with Crippen LogP contribution in [0, 0.1) is 0 Å². The number of rotatable bonds is 4. The minimum absolute atomic E-state index is 0.0419. The molecule has 0 bridgehead atoms. The molecule has 1 aliphatic rings. The van der Waals surface area contributed by atoms with Crippen molar-refractivity contribution in [3.8, 4) is 5.75 Å². The van der Waals surface area contributed by atoms with Gasteiger partial charge in [-0.25, -0.2) is 4.79 Å². The molecule has 1 aromatic rings. The lowest BCUT2D eigenvalue weighted by molar-refractivity contribution is -0.274. The van der Waals surface area contributed by atoms with Gasteiger partial charge < -0.3 is 20.3 Å². The summed E-state index contributed by atoms with van der Waals surface area (Å²) >= 11 is 0. The first kappa shape index (κ1) is 19.9. The predicted octanol–water partition coefficient (Wildman–Crippen LogP) is 3.50. The number of piperidine rings is 1. The number of benzene rings is 1. The second kappa shape index (κ2) is 8.29. The highest BCUT2D eigenvalue weighted by atomic mass is 19.4. The monoisotopic (exact) mass is 373 g/mol. The van der Waals surface area contributed by atoms with E-state index in [1.807, 2.05) is 18.7 Å². The average molecular weight is 373 g/mol. The molecule has 0 saturated carbocycles. The predicted molar refractivity (Wildman–Crippen MR) is 89.8 cm³/mol. The Balaban J connectivity index is 1.83. The van der Waals surface area contributed by atoms with Crippen molar-refractivity contribution in [3.63, 3.8) is 0 Å². The Morgan fingerprint density at radius 3 is 2.46 bits per heavy atom. The van der Waals surface area contributed by atoms with Crippen LogP contribution in [0.3, 0.4) is 0 Å². The first-order valence-corrected chi connectivity index (χ1v) is 8.40. The second-order valence-corrected chi connectivity index (χ2v) is 6.18. The van der Waals surface area contributed by atoms with Gasteiger partial charge in [0.05, 0.1) is 0 Å². The number of likely N-dealkylation sites (tertiary alicyclic amines) is 1. The molecule has 2 rings (SSSR count).